The first kappa shape index (κ1) is 47.2. The van der Waals surface area contributed by atoms with Crippen molar-refractivity contribution in [1.29, 1.82) is 0 Å². The number of fused-ring (bicyclic) bond motifs is 4. The number of rotatable bonds is 11. The van der Waals surface area contributed by atoms with E-state index in [0.29, 0.717) is 12.8 Å². The Morgan fingerprint density at radius 2 is 0.577 bits per heavy atom. The maximum Gasteiger partial charge on any atom is 0.0930 e. The van der Waals surface area contributed by atoms with Crippen LogP contribution in [0, 0.1) is 0 Å². The summed E-state index contributed by atoms with van der Waals surface area (Å²) in [6, 6.07) is 86.4. The minimum Gasteiger partial charge on any atom is -0.154 e. The molecule has 370 valence electrons. The van der Waals surface area contributed by atoms with Crippen molar-refractivity contribution in [2.24, 2.45) is 0 Å². The molecule has 78 heavy (non-hydrogen) atoms. The van der Waals surface area contributed by atoms with Gasteiger partial charge in [-0.15, -0.1) is 10.2 Å². The maximum atomic E-state index is 5.46. The molecule has 0 saturated carbocycles. The molecule has 8 aromatic carbocycles. The molecule has 0 saturated heterocycles. The van der Waals surface area contributed by atoms with E-state index in [1.54, 1.807) is 0 Å². The van der Waals surface area contributed by atoms with E-state index >= 15 is 0 Å². The lowest BCUT2D eigenvalue weighted by Gasteiger charge is -2.40. The summed E-state index contributed by atoms with van der Waals surface area (Å²) in [4.78, 5) is 0. The molecule has 2 unspecified atom stereocenters. The normalized spacial score (nSPS) is 17.6. The van der Waals surface area contributed by atoms with Crippen LogP contribution in [0.3, 0.4) is 0 Å². The van der Waals surface area contributed by atoms with Crippen LogP contribution in [-0.4, -0.2) is 67.9 Å². The Hall–Kier alpha value is -9.23. The van der Waals surface area contributed by atoms with Crippen molar-refractivity contribution in [3.63, 3.8) is 0 Å². The molecule has 14 rings (SSSR count). The van der Waals surface area contributed by atoms with Crippen LogP contribution in [0.4, 0.5) is 0 Å². The van der Waals surface area contributed by atoms with Gasteiger partial charge in [-0.25, -0.2) is 0 Å². The summed E-state index contributed by atoms with van der Waals surface area (Å²) in [5.74, 6) is 0. The van der Waals surface area contributed by atoms with Gasteiger partial charge in [-0.05, 0) is 116 Å². The second-order valence-corrected chi connectivity index (χ2v) is 25.6. The molecule has 0 fully saturated rings. The highest BCUT2D eigenvalue weighted by molar-refractivity contribution is 6.88. The number of hydrogen-bond donors (Lipinski definition) is 0. The fourth-order valence-corrected chi connectivity index (χ4v) is 19.2. The van der Waals surface area contributed by atoms with E-state index in [0.717, 1.165) is 88.6 Å². The molecule has 0 spiro atoms. The van der Waals surface area contributed by atoms with Crippen molar-refractivity contribution in [1.82, 2.24) is 40.8 Å². The molecule has 0 radical (unpaired) electrons. The molecule has 10 heteroatoms. The Kier molecular flexibility index (Phi) is 11.8. The first-order valence-electron chi connectivity index (χ1n) is 26.6. The van der Waals surface area contributed by atoms with Crippen LogP contribution < -0.4 is 0 Å². The smallest absolute Gasteiger partial charge is 0.0930 e. The molecule has 6 heterocycles. The summed E-state index contributed by atoms with van der Waals surface area (Å²) in [5.41, 5.74) is 16.4. The quantitative estimate of drug-likeness (QED) is 0.118. The van der Waals surface area contributed by atoms with Crippen LogP contribution in [0.15, 0.2) is 243 Å². The van der Waals surface area contributed by atoms with Crippen LogP contribution in [0.2, 0.25) is 13.1 Å². The summed E-state index contributed by atoms with van der Waals surface area (Å²) in [6.07, 6.45) is 1.34. The van der Waals surface area contributed by atoms with Gasteiger partial charge < -0.3 is 0 Å². The lowest BCUT2D eigenvalue weighted by atomic mass is 9.74. The zero-order valence-electron chi connectivity index (χ0n) is 43.1. The molecule has 0 aliphatic carbocycles. The Balaban J connectivity index is 1.13. The van der Waals surface area contributed by atoms with Gasteiger partial charge >= 0.3 is 0 Å². The Bertz CT molecular complexity index is 4180. The zero-order valence-corrected chi connectivity index (χ0v) is 45.1. The summed E-state index contributed by atoms with van der Waals surface area (Å²) in [7, 11) is -3.69. The van der Waals surface area contributed by atoms with Crippen molar-refractivity contribution in [3.8, 4) is 0 Å². The average molecular weight is 1040 g/mol. The van der Waals surface area contributed by atoms with E-state index in [1.807, 2.05) is 36.4 Å². The molecule has 4 aromatic heterocycles. The van der Waals surface area contributed by atoms with Crippen molar-refractivity contribution >= 4 is 93.1 Å². The van der Waals surface area contributed by atoms with Crippen molar-refractivity contribution in [2.45, 2.75) is 36.0 Å². The van der Waals surface area contributed by atoms with Gasteiger partial charge in [-0.2, -0.15) is 30.6 Å². The number of allylic oxidation sites excluding steroid dienone is 4. The average Bonchev–Trinajstić information content (AvgIpc) is 3.97. The van der Waals surface area contributed by atoms with E-state index in [-0.39, 0.29) is 0 Å². The molecular weight excluding hydrogens is 985 g/mol. The van der Waals surface area contributed by atoms with E-state index in [9.17, 15) is 0 Å². The summed E-state index contributed by atoms with van der Waals surface area (Å²) < 4.78 is 0. The van der Waals surface area contributed by atoms with E-state index in [4.69, 9.17) is 40.8 Å². The number of benzene rings is 8. The molecule has 12 aromatic rings. The Morgan fingerprint density at radius 1 is 0.295 bits per heavy atom. The first-order chi connectivity index (χ1) is 38.5. The highest BCUT2D eigenvalue weighted by Crippen LogP contribution is 2.57. The molecule has 0 bridgehead atoms. The molecular formula is C68H50N8Si2. The van der Waals surface area contributed by atoms with Crippen LogP contribution in [-0.2, 0) is 10.1 Å². The highest BCUT2D eigenvalue weighted by Gasteiger charge is 2.55. The fourth-order valence-electron chi connectivity index (χ4n) is 12.8. The highest BCUT2D eigenvalue weighted by atomic mass is 28.2. The fraction of sp³-hybridized carbons (Fsp3) is 0.0882. The predicted octanol–water partition coefficient (Wildman–Crippen LogP) is 13.6. The van der Waals surface area contributed by atoms with Crippen LogP contribution in [0.5, 0.6) is 0 Å². The molecule has 2 atom stereocenters. The molecule has 0 amide bonds. The number of nitrogens with zero attached hydrogens (tertiary/aromatic N) is 8. The SMILES string of the molecule is C[Si]1=C(c2cc3ccccc3nn2)C(c2ccccc2)=C(c2ccccc2)C1(CCC1(c2cc3ccccc3nn2)C(c2ccccc2)=C(c2ccccc2)C(c2cc3ccccc3nn2)=[Si]1C)c1cc2ccccc2nn1. The van der Waals surface area contributed by atoms with Gasteiger partial charge in [-0.1, -0.05) is 207 Å². The van der Waals surface area contributed by atoms with Gasteiger partial charge in [0.25, 0.3) is 0 Å². The van der Waals surface area contributed by atoms with Gasteiger partial charge in [0, 0.05) is 48.4 Å². The minimum atomic E-state index is -1.84. The van der Waals surface area contributed by atoms with E-state index < -0.39 is 26.9 Å². The first-order valence-corrected chi connectivity index (χ1v) is 30.6. The van der Waals surface area contributed by atoms with Gasteiger partial charge in [0.2, 0.25) is 0 Å². The lowest BCUT2D eigenvalue weighted by Crippen LogP contribution is -2.44. The standard InChI is InChI=1S/C68H50N8Si2/c1-77-65(57-41-49-31-15-19-35-53(49)69-73-57)61(45-23-7-3-8-24-45)63(47-27-11-5-12-28-47)67(77,59-43-51-33-17-21-37-55(51)71-75-59)39-40-68(60-44-52-34-18-22-38-56(52)72-76-60)64(48-29-13-6-14-30-48)62(46-25-9-4-10-26-46)66(78(68)2)58-42-50-32-16-20-36-54(50)70-74-58/h3-38,41-44H,39-40H2,1-2H3. The topological polar surface area (TPSA) is 103 Å². The second kappa shape index (κ2) is 19.4. The number of hydrogen-bond acceptors (Lipinski definition) is 8. The molecule has 2 aliphatic heterocycles. The monoisotopic (exact) mass is 1030 g/mol. The van der Waals surface area contributed by atoms with Crippen LogP contribution in [0.25, 0.3) is 65.9 Å². The van der Waals surface area contributed by atoms with Gasteiger partial charge in [-0.3, -0.25) is 0 Å². The van der Waals surface area contributed by atoms with Crippen LogP contribution >= 0.6 is 0 Å². The van der Waals surface area contributed by atoms with Gasteiger partial charge in [0.15, 0.2) is 0 Å². The van der Waals surface area contributed by atoms with Gasteiger partial charge in [0.1, 0.15) is 0 Å². The number of aromatic nitrogens is 8. The maximum absolute atomic E-state index is 5.46. The molecule has 8 nitrogen and oxygen atoms in total. The van der Waals surface area contributed by atoms with Crippen molar-refractivity contribution in [2.75, 3.05) is 0 Å². The third kappa shape index (κ3) is 7.69. The Labute approximate surface area is 455 Å². The van der Waals surface area contributed by atoms with Crippen LogP contribution in [0.1, 0.15) is 57.9 Å². The van der Waals surface area contributed by atoms with Crippen molar-refractivity contribution < 1.29 is 0 Å². The van der Waals surface area contributed by atoms with E-state index in [2.05, 4.69) is 219 Å². The van der Waals surface area contributed by atoms with E-state index in [1.165, 1.54) is 32.6 Å². The third-order valence-electron chi connectivity index (χ3n) is 16.4. The lowest BCUT2D eigenvalue weighted by molar-refractivity contribution is 0.544. The largest absolute Gasteiger partial charge is 0.154 e. The minimum absolute atomic E-state index is 0.668. The van der Waals surface area contributed by atoms with Crippen molar-refractivity contribution in [3.05, 3.63) is 288 Å². The summed E-state index contributed by atoms with van der Waals surface area (Å²) in [5, 5.41) is 46.6. The molecule has 2 aliphatic rings. The van der Waals surface area contributed by atoms with Gasteiger partial charge in [0.05, 0.1) is 44.8 Å². The zero-order chi connectivity index (χ0) is 52.2. The molecule has 0 N–H and O–H groups in total. The predicted molar refractivity (Wildman–Crippen MR) is 322 cm³/mol. The third-order valence-corrected chi connectivity index (χ3v) is 23.0. The second-order valence-electron chi connectivity index (χ2n) is 20.4. The Morgan fingerprint density at radius 3 is 0.923 bits per heavy atom. The summed E-state index contributed by atoms with van der Waals surface area (Å²) in [6.45, 7) is 4.99. The summed E-state index contributed by atoms with van der Waals surface area (Å²) >= 11 is 0.